The van der Waals surface area contributed by atoms with Crippen LogP contribution in [-0.2, 0) is 0 Å². The van der Waals surface area contributed by atoms with E-state index in [-0.39, 0.29) is 12.5 Å². The molecule has 0 unspecified atom stereocenters. The Hall–Kier alpha value is -1.88. The summed E-state index contributed by atoms with van der Waals surface area (Å²) < 4.78 is 12.2. The third kappa shape index (κ3) is 3.12. The lowest BCUT2D eigenvalue weighted by atomic mass is 10.1. The summed E-state index contributed by atoms with van der Waals surface area (Å²) in [6, 6.07) is 7.29. The summed E-state index contributed by atoms with van der Waals surface area (Å²) in [5, 5.41) is 3.50. The van der Waals surface area contributed by atoms with Gasteiger partial charge in [-0.05, 0) is 18.6 Å². The van der Waals surface area contributed by atoms with Gasteiger partial charge in [0.1, 0.15) is 12.5 Å². The molecule has 0 aliphatic carbocycles. The van der Waals surface area contributed by atoms with Crippen LogP contribution in [0.5, 0.6) is 0 Å². The molecule has 0 saturated carbocycles. The number of rotatable bonds is 4. The summed E-state index contributed by atoms with van der Waals surface area (Å²) in [7, 11) is 0. The van der Waals surface area contributed by atoms with Crippen molar-refractivity contribution < 1.29 is 4.39 Å². The fourth-order valence-corrected chi connectivity index (χ4v) is 1.93. The van der Waals surface area contributed by atoms with Gasteiger partial charge in [0.2, 0.25) is 5.95 Å². The largest absolute Gasteiger partial charge is 0.368 e. The van der Waals surface area contributed by atoms with Crippen LogP contribution < -0.4 is 11.1 Å². The van der Waals surface area contributed by atoms with Crippen LogP contribution in [0.2, 0.25) is 5.02 Å². The van der Waals surface area contributed by atoms with E-state index in [0.717, 1.165) is 11.1 Å². The van der Waals surface area contributed by atoms with E-state index in [4.69, 9.17) is 17.3 Å². The van der Waals surface area contributed by atoms with E-state index in [9.17, 15) is 4.39 Å². The molecule has 6 heteroatoms. The number of nitrogens with zero attached hydrogens (tertiary/aromatic N) is 2. The van der Waals surface area contributed by atoms with Crippen molar-refractivity contribution in [3.63, 3.8) is 0 Å². The molecular formula is C13H14ClFN4. The molecule has 0 spiro atoms. The Labute approximate surface area is 115 Å². The second-order valence-corrected chi connectivity index (χ2v) is 4.43. The summed E-state index contributed by atoms with van der Waals surface area (Å²) in [5.41, 5.74) is 8.12. The highest BCUT2D eigenvalue weighted by atomic mass is 35.5. The van der Waals surface area contributed by atoms with Gasteiger partial charge < -0.3 is 11.1 Å². The predicted octanol–water partition coefficient (Wildman–Crippen LogP) is 3.07. The van der Waals surface area contributed by atoms with E-state index in [1.165, 1.54) is 0 Å². The first-order valence-electron chi connectivity index (χ1n) is 5.81. The van der Waals surface area contributed by atoms with Crippen LogP contribution in [0.25, 0.3) is 11.3 Å². The van der Waals surface area contributed by atoms with Crippen LogP contribution in [0.4, 0.5) is 16.2 Å². The summed E-state index contributed by atoms with van der Waals surface area (Å²) in [6.07, 6.45) is 0. The predicted molar refractivity (Wildman–Crippen MR) is 76.1 cm³/mol. The van der Waals surface area contributed by atoms with Crippen molar-refractivity contribution in [2.24, 2.45) is 0 Å². The SMILES string of the molecule is Cc1c(Cl)cccc1-c1cc(NCCF)nc(N)n1. The van der Waals surface area contributed by atoms with Gasteiger partial charge in [0.25, 0.3) is 0 Å². The van der Waals surface area contributed by atoms with Crippen molar-refractivity contribution in [1.29, 1.82) is 0 Å². The summed E-state index contributed by atoms with van der Waals surface area (Å²) >= 11 is 6.09. The number of benzene rings is 1. The maximum Gasteiger partial charge on any atom is 0.222 e. The van der Waals surface area contributed by atoms with Crippen molar-refractivity contribution >= 4 is 23.4 Å². The third-order valence-corrected chi connectivity index (χ3v) is 3.10. The highest BCUT2D eigenvalue weighted by Gasteiger charge is 2.09. The molecule has 0 atom stereocenters. The molecule has 0 saturated heterocycles. The zero-order chi connectivity index (χ0) is 13.8. The quantitative estimate of drug-likeness (QED) is 0.903. The Morgan fingerprint density at radius 1 is 1.37 bits per heavy atom. The van der Waals surface area contributed by atoms with E-state index in [2.05, 4.69) is 15.3 Å². The lowest BCUT2D eigenvalue weighted by molar-refractivity contribution is 0.512. The number of halogens is 2. The summed E-state index contributed by atoms with van der Waals surface area (Å²) in [5.74, 6) is 0.637. The average molecular weight is 281 g/mol. The minimum absolute atomic E-state index is 0.137. The lowest BCUT2D eigenvalue weighted by Gasteiger charge is -2.10. The third-order valence-electron chi connectivity index (χ3n) is 2.69. The molecule has 1 aromatic heterocycles. The minimum atomic E-state index is -0.477. The van der Waals surface area contributed by atoms with Crippen LogP contribution in [0.15, 0.2) is 24.3 Å². The van der Waals surface area contributed by atoms with Crippen LogP contribution in [0, 0.1) is 6.92 Å². The Morgan fingerprint density at radius 2 is 2.16 bits per heavy atom. The molecule has 0 aliphatic heterocycles. The molecule has 1 heterocycles. The molecule has 4 nitrogen and oxygen atoms in total. The maximum absolute atomic E-state index is 12.2. The van der Waals surface area contributed by atoms with Crippen LogP contribution in [0.1, 0.15) is 5.56 Å². The lowest BCUT2D eigenvalue weighted by Crippen LogP contribution is -2.07. The van der Waals surface area contributed by atoms with Gasteiger partial charge in [0.15, 0.2) is 0 Å². The fraction of sp³-hybridized carbons (Fsp3) is 0.231. The van der Waals surface area contributed by atoms with Gasteiger partial charge in [-0.15, -0.1) is 0 Å². The number of anilines is 2. The molecule has 0 amide bonds. The number of nitrogens with one attached hydrogen (secondary N) is 1. The standard InChI is InChI=1S/C13H14ClFN4/c1-8-9(3-2-4-10(8)14)11-7-12(17-6-5-15)19-13(16)18-11/h2-4,7H,5-6H2,1H3,(H3,16,17,18,19). The first-order valence-corrected chi connectivity index (χ1v) is 6.19. The van der Waals surface area contributed by atoms with Crippen LogP contribution >= 0.6 is 11.6 Å². The zero-order valence-electron chi connectivity index (χ0n) is 10.5. The summed E-state index contributed by atoms with van der Waals surface area (Å²) in [4.78, 5) is 8.19. The smallest absolute Gasteiger partial charge is 0.222 e. The van der Waals surface area contributed by atoms with Crippen molar-refractivity contribution in [1.82, 2.24) is 9.97 Å². The molecule has 3 N–H and O–H groups in total. The first kappa shape index (κ1) is 13.5. The van der Waals surface area contributed by atoms with E-state index in [1.54, 1.807) is 6.07 Å². The normalized spacial score (nSPS) is 10.5. The highest BCUT2D eigenvalue weighted by Crippen LogP contribution is 2.28. The second kappa shape index (κ2) is 5.84. The monoisotopic (exact) mass is 280 g/mol. The van der Waals surface area contributed by atoms with Crippen molar-refractivity contribution in [2.45, 2.75) is 6.92 Å². The van der Waals surface area contributed by atoms with Gasteiger partial charge in [-0.3, -0.25) is 0 Å². The average Bonchev–Trinajstić information content (AvgIpc) is 2.39. The van der Waals surface area contributed by atoms with Gasteiger partial charge in [-0.25, -0.2) is 9.37 Å². The van der Waals surface area contributed by atoms with Gasteiger partial charge >= 0.3 is 0 Å². The van der Waals surface area contributed by atoms with Gasteiger partial charge in [-0.1, -0.05) is 23.7 Å². The zero-order valence-corrected chi connectivity index (χ0v) is 11.2. The molecule has 2 rings (SSSR count). The van der Waals surface area contributed by atoms with Crippen LogP contribution in [0.3, 0.4) is 0 Å². The van der Waals surface area contributed by atoms with E-state index < -0.39 is 6.67 Å². The molecule has 0 fully saturated rings. The van der Waals surface area contributed by atoms with Crippen molar-refractivity contribution in [3.05, 3.63) is 34.9 Å². The van der Waals surface area contributed by atoms with Crippen molar-refractivity contribution in [2.75, 3.05) is 24.3 Å². The Bertz CT molecular complexity index is 589. The Kier molecular flexibility index (Phi) is 4.16. The molecule has 0 bridgehead atoms. The molecule has 2 aromatic rings. The van der Waals surface area contributed by atoms with Gasteiger partial charge in [0.05, 0.1) is 5.69 Å². The topological polar surface area (TPSA) is 63.8 Å². The van der Waals surface area contributed by atoms with E-state index in [1.807, 2.05) is 25.1 Å². The highest BCUT2D eigenvalue weighted by molar-refractivity contribution is 6.31. The fourth-order valence-electron chi connectivity index (χ4n) is 1.75. The molecule has 100 valence electrons. The van der Waals surface area contributed by atoms with Gasteiger partial charge in [-0.2, -0.15) is 4.98 Å². The second-order valence-electron chi connectivity index (χ2n) is 4.02. The first-order chi connectivity index (χ1) is 9.11. The molecule has 19 heavy (non-hydrogen) atoms. The molecule has 0 radical (unpaired) electrons. The molecular weight excluding hydrogens is 267 g/mol. The molecule has 1 aromatic carbocycles. The minimum Gasteiger partial charge on any atom is -0.368 e. The number of alkyl halides is 1. The summed E-state index contributed by atoms with van der Waals surface area (Å²) in [6.45, 7) is 1.62. The van der Waals surface area contributed by atoms with Crippen molar-refractivity contribution in [3.8, 4) is 11.3 Å². The molecule has 0 aliphatic rings. The van der Waals surface area contributed by atoms with Crippen LogP contribution in [-0.4, -0.2) is 23.2 Å². The number of hydrogen-bond donors (Lipinski definition) is 2. The van der Waals surface area contributed by atoms with Gasteiger partial charge in [0, 0.05) is 23.2 Å². The number of aromatic nitrogens is 2. The number of nitrogens with two attached hydrogens (primary N) is 1. The number of hydrogen-bond acceptors (Lipinski definition) is 4. The Balaban J connectivity index is 2.44. The van der Waals surface area contributed by atoms with E-state index in [0.29, 0.717) is 16.5 Å². The van der Waals surface area contributed by atoms with E-state index >= 15 is 0 Å². The number of nitrogen functional groups attached to an aromatic ring is 1. The Morgan fingerprint density at radius 3 is 2.89 bits per heavy atom. The maximum atomic E-state index is 12.2.